The zero-order valence-corrected chi connectivity index (χ0v) is 11.1. The van der Waals surface area contributed by atoms with E-state index in [1.165, 1.54) is 10.5 Å². The monoisotopic (exact) mass is 253 g/mol. The minimum absolute atomic E-state index is 0.575. The molecule has 2 aromatic rings. The maximum absolute atomic E-state index is 5.55. The van der Waals surface area contributed by atoms with Crippen molar-refractivity contribution < 1.29 is 0 Å². The molecule has 0 aliphatic heterocycles. The number of thioether (sulfide) groups is 1. The number of hydrogen-bond acceptors (Lipinski definition) is 2. The lowest BCUT2D eigenvalue weighted by Gasteiger charge is -1.96. The molecule has 0 aliphatic carbocycles. The molecule has 0 atom stereocenters. The molecule has 1 nitrogen and oxygen atoms in total. The van der Waals surface area contributed by atoms with Crippen LogP contribution in [0.25, 0.3) is 0 Å². The van der Waals surface area contributed by atoms with Crippen LogP contribution in [-0.2, 0) is 6.54 Å². The van der Waals surface area contributed by atoms with Gasteiger partial charge in [-0.2, -0.15) is 0 Å². The van der Waals surface area contributed by atoms with Crippen LogP contribution >= 0.6 is 11.8 Å². The van der Waals surface area contributed by atoms with Gasteiger partial charge in [0.15, 0.2) is 0 Å². The van der Waals surface area contributed by atoms with Crippen molar-refractivity contribution in [2.75, 3.05) is 0 Å². The van der Waals surface area contributed by atoms with Crippen molar-refractivity contribution >= 4 is 11.8 Å². The third-order valence-corrected chi connectivity index (χ3v) is 3.29. The van der Waals surface area contributed by atoms with Gasteiger partial charge in [-0.3, -0.25) is 0 Å². The van der Waals surface area contributed by atoms with E-state index in [1.807, 2.05) is 24.3 Å². The van der Waals surface area contributed by atoms with Gasteiger partial charge in [0.1, 0.15) is 0 Å². The normalized spacial score (nSPS) is 9.67. The third-order valence-electron chi connectivity index (χ3n) is 2.57. The Morgan fingerprint density at radius 2 is 1.67 bits per heavy atom. The quantitative estimate of drug-likeness (QED) is 0.654. The second-order valence-corrected chi connectivity index (χ2v) is 4.92. The van der Waals surface area contributed by atoms with Crippen molar-refractivity contribution in [3.05, 3.63) is 65.2 Å². The molecular formula is C16H15NS. The van der Waals surface area contributed by atoms with Gasteiger partial charge in [0.25, 0.3) is 0 Å². The Balaban J connectivity index is 2.01. The van der Waals surface area contributed by atoms with E-state index in [-0.39, 0.29) is 0 Å². The van der Waals surface area contributed by atoms with E-state index in [4.69, 9.17) is 5.73 Å². The van der Waals surface area contributed by atoms with Gasteiger partial charge in [-0.15, -0.1) is 0 Å². The average Bonchev–Trinajstić information content (AvgIpc) is 2.42. The maximum Gasteiger partial charge on any atom is 0.0254 e. The average molecular weight is 253 g/mol. The topological polar surface area (TPSA) is 26.0 Å². The van der Waals surface area contributed by atoms with E-state index in [0.29, 0.717) is 6.54 Å². The number of hydrogen-bond donors (Lipinski definition) is 1. The number of aryl methyl sites for hydroxylation is 1. The Hall–Kier alpha value is -1.69. The molecule has 18 heavy (non-hydrogen) atoms. The molecule has 0 heterocycles. The summed E-state index contributed by atoms with van der Waals surface area (Å²) in [7, 11) is 0. The van der Waals surface area contributed by atoms with Gasteiger partial charge in [-0.05, 0) is 53.8 Å². The maximum atomic E-state index is 5.55. The summed E-state index contributed by atoms with van der Waals surface area (Å²) in [4.78, 5) is 1.17. The van der Waals surface area contributed by atoms with E-state index in [0.717, 1.165) is 11.1 Å². The molecule has 2 N–H and O–H groups in total. The van der Waals surface area contributed by atoms with Crippen LogP contribution in [0, 0.1) is 18.1 Å². The molecule has 0 saturated heterocycles. The van der Waals surface area contributed by atoms with Gasteiger partial charge in [-0.1, -0.05) is 35.7 Å². The Kier molecular flexibility index (Phi) is 4.46. The predicted molar refractivity (Wildman–Crippen MR) is 78.2 cm³/mol. The second kappa shape index (κ2) is 6.30. The number of rotatable bonds is 2. The summed E-state index contributed by atoms with van der Waals surface area (Å²) in [5, 5.41) is 3.11. The van der Waals surface area contributed by atoms with E-state index in [1.54, 1.807) is 11.8 Å². The van der Waals surface area contributed by atoms with E-state index in [9.17, 15) is 0 Å². The third kappa shape index (κ3) is 3.66. The fraction of sp³-hybridized carbons (Fsp3) is 0.125. The highest BCUT2D eigenvalue weighted by atomic mass is 32.2. The first-order valence-electron chi connectivity index (χ1n) is 5.81. The van der Waals surface area contributed by atoms with Gasteiger partial charge in [0.05, 0.1) is 0 Å². The van der Waals surface area contributed by atoms with Crippen molar-refractivity contribution in [3.8, 4) is 11.2 Å². The first kappa shape index (κ1) is 12.8. The van der Waals surface area contributed by atoms with Crippen molar-refractivity contribution in [1.82, 2.24) is 0 Å². The molecule has 0 saturated carbocycles. The minimum Gasteiger partial charge on any atom is -0.326 e. The minimum atomic E-state index is 0.575. The second-order valence-electron chi connectivity index (χ2n) is 4.04. The molecule has 0 bridgehead atoms. The fourth-order valence-electron chi connectivity index (χ4n) is 1.47. The summed E-state index contributed by atoms with van der Waals surface area (Å²) in [5.74, 6) is 3.13. The lowest BCUT2D eigenvalue weighted by atomic mass is 10.1. The van der Waals surface area contributed by atoms with Gasteiger partial charge >= 0.3 is 0 Å². The van der Waals surface area contributed by atoms with E-state index in [2.05, 4.69) is 42.4 Å². The highest BCUT2D eigenvalue weighted by Gasteiger charge is 1.91. The predicted octanol–water partition coefficient (Wildman–Crippen LogP) is 3.56. The molecule has 0 aliphatic rings. The Bertz CT molecular complexity index is 559. The van der Waals surface area contributed by atoms with E-state index < -0.39 is 0 Å². The lowest BCUT2D eigenvalue weighted by Crippen LogP contribution is -1.95. The fourth-order valence-corrected chi connectivity index (χ4v) is 2.03. The molecule has 0 unspecified atom stereocenters. The Morgan fingerprint density at radius 3 is 2.28 bits per heavy atom. The number of nitrogens with two attached hydrogens (primary N) is 1. The van der Waals surface area contributed by atoms with Gasteiger partial charge < -0.3 is 5.73 Å². The lowest BCUT2D eigenvalue weighted by molar-refractivity contribution is 1.07. The van der Waals surface area contributed by atoms with Crippen LogP contribution in [0.15, 0.2) is 53.4 Å². The van der Waals surface area contributed by atoms with Gasteiger partial charge in [-0.25, -0.2) is 0 Å². The van der Waals surface area contributed by atoms with Crippen LogP contribution in [0.3, 0.4) is 0 Å². The van der Waals surface area contributed by atoms with Crippen molar-refractivity contribution in [2.24, 2.45) is 5.73 Å². The number of benzene rings is 2. The molecule has 0 aromatic heterocycles. The van der Waals surface area contributed by atoms with Crippen molar-refractivity contribution in [2.45, 2.75) is 18.4 Å². The molecular weight excluding hydrogens is 238 g/mol. The van der Waals surface area contributed by atoms with Crippen LogP contribution < -0.4 is 5.73 Å². The zero-order chi connectivity index (χ0) is 12.8. The van der Waals surface area contributed by atoms with Crippen LogP contribution in [0.4, 0.5) is 0 Å². The summed E-state index contributed by atoms with van der Waals surface area (Å²) in [5.41, 5.74) is 8.97. The van der Waals surface area contributed by atoms with Gasteiger partial charge in [0.2, 0.25) is 0 Å². The summed E-state index contributed by atoms with van der Waals surface area (Å²) in [6.07, 6.45) is 0. The molecule has 90 valence electrons. The van der Waals surface area contributed by atoms with E-state index >= 15 is 0 Å². The zero-order valence-electron chi connectivity index (χ0n) is 10.3. The molecule has 2 heteroatoms. The molecule has 2 aromatic carbocycles. The van der Waals surface area contributed by atoms with Crippen LogP contribution in [0.5, 0.6) is 0 Å². The van der Waals surface area contributed by atoms with Crippen molar-refractivity contribution in [3.63, 3.8) is 0 Å². The first-order chi connectivity index (χ1) is 8.78. The molecule has 0 fully saturated rings. The molecule has 0 amide bonds. The van der Waals surface area contributed by atoms with Gasteiger partial charge in [0, 0.05) is 17.0 Å². The standard InChI is InChI=1S/C16H15NS/c1-13-2-8-16(9-3-13)18-11-10-14-4-6-15(12-17)7-5-14/h2-9H,12,17H2,1H3. The van der Waals surface area contributed by atoms with Crippen LogP contribution in [0.2, 0.25) is 0 Å². The molecule has 2 rings (SSSR count). The highest BCUT2D eigenvalue weighted by molar-refractivity contribution is 8.03. The van der Waals surface area contributed by atoms with Crippen LogP contribution in [0.1, 0.15) is 16.7 Å². The Morgan fingerprint density at radius 1 is 1.00 bits per heavy atom. The largest absolute Gasteiger partial charge is 0.326 e. The van der Waals surface area contributed by atoms with Crippen LogP contribution in [-0.4, -0.2) is 0 Å². The highest BCUT2D eigenvalue weighted by Crippen LogP contribution is 2.17. The Labute approximate surface area is 112 Å². The molecule has 0 spiro atoms. The summed E-state index contributed by atoms with van der Waals surface area (Å²) in [6, 6.07) is 16.4. The van der Waals surface area contributed by atoms with Crippen molar-refractivity contribution in [1.29, 1.82) is 0 Å². The summed E-state index contributed by atoms with van der Waals surface area (Å²) in [6.45, 7) is 2.66. The SMILES string of the molecule is Cc1ccc(SC#Cc2ccc(CN)cc2)cc1. The first-order valence-corrected chi connectivity index (χ1v) is 6.63. The smallest absolute Gasteiger partial charge is 0.0254 e. The molecule has 0 radical (unpaired) electrons. The summed E-state index contributed by atoms with van der Waals surface area (Å²) >= 11 is 1.55. The summed E-state index contributed by atoms with van der Waals surface area (Å²) < 4.78 is 0.